The summed E-state index contributed by atoms with van der Waals surface area (Å²) in [5.74, 6) is -0.845. The van der Waals surface area contributed by atoms with Gasteiger partial charge in [0.25, 0.3) is 0 Å². The highest BCUT2D eigenvalue weighted by Crippen LogP contribution is 2.11. The van der Waals surface area contributed by atoms with Crippen molar-refractivity contribution >= 4 is 5.97 Å². The molecule has 1 unspecified atom stereocenters. The molecule has 1 aromatic heterocycles. The van der Waals surface area contributed by atoms with Crippen molar-refractivity contribution in [1.82, 2.24) is 15.1 Å². The third kappa shape index (κ3) is 3.05. The molecular weight excluding hydrogens is 254 g/mol. The van der Waals surface area contributed by atoms with Crippen LogP contribution in [0.1, 0.15) is 26.0 Å². The predicted molar refractivity (Wildman–Crippen MR) is 76.7 cm³/mol. The van der Waals surface area contributed by atoms with E-state index in [2.05, 4.69) is 10.4 Å². The second-order valence-corrected chi connectivity index (χ2v) is 4.93. The lowest BCUT2D eigenvalue weighted by Gasteiger charge is -2.24. The van der Waals surface area contributed by atoms with Crippen LogP contribution < -0.4 is 5.32 Å². The molecule has 5 nitrogen and oxygen atoms in total. The summed E-state index contributed by atoms with van der Waals surface area (Å²) in [5.41, 5.74) is 0.876. The topological polar surface area (TPSA) is 67.2 Å². The number of hydrogen-bond donors (Lipinski definition) is 2. The van der Waals surface area contributed by atoms with Crippen LogP contribution in [0.3, 0.4) is 0 Å². The van der Waals surface area contributed by atoms with Crippen LogP contribution in [0.15, 0.2) is 42.6 Å². The summed E-state index contributed by atoms with van der Waals surface area (Å²) in [4.78, 5) is 11.2. The summed E-state index contributed by atoms with van der Waals surface area (Å²) >= 11 is 0. The molecule has 20 heavy (non-hydrogen) atoms. The van der Waals surface area contributed by atoms with Gasteiger partial charge in [-0.1, -0.05) is 25.1 Å². The van der Waals surface area contributed by atoms with Crippen molar-refractivity contribution < 1.29 is 9.90 Å². The lowest BCUT2D eigenvalue weighted by molar-refractivity contribution is -0.144. The third-order valence-electron chi connectivity index (χ3n) is 3.50. The Bertz CT molecular complexity index is 580. The van der Waals surface area contributed by atoms with Gasteiger partial charge in [0.05, 0.1) is 11.4 Å². The molecule has 106 valence electrons. The second kappa shape index (κ2) is 5.88. The number of carboxylic acids is 1. The Morgan fingerprint density at radius 3 is 2.65 bits per heavy atom. The van der Waals surface area contributed by atoms with Crippen molar-refractivity contribution in [2.75, 3.05) is 0 Å². The molecule has 0 saturated carbocycles. The van der Waals surface area contributed by atoms with Gasteiger partial charge in [0.15, 0.2) is 0 Å². The average molecular weight is 273 g/mol. The normalized spacial score (nSPS) is 13.9. The van der Waals surface area contributed by atoms with Gasteiger partial charge in [-0.15, -0.1) is 0 Å². The molecule has 0 amide bonds. The van der Waals surface area contributed by atoms with E-state index in [0.717, 1.165) is 11.4 Å². The van der Waals surface area contributed by atoms with E-state index in [1.54, 1.807) is 11.6 Å². The highest BCUT2D eigenvalue weighted by molar-refractivity contribution is 5.78. The van der Waals surface area contributed by atoms with E-state index in [4.69, 9.17) is 0 Å². The largest absolute Gasteiger partial charge is 0.480 e. The Kier molecular flexibility index (Phi) is 4.20. The van der Waals surface area contributed by atoms with Crippen LogP contribution in [0, 0.1) is 0 Å². The fourth-order valence-electron chi connectivity index (χ4n) is 1.82. The summed E-state index contributed by atoms with van der Waals surface area (Å²) in [6, 6.07) is 11.7. The molecule has 0 aliphatic heterocycles. The van der Waals surface area contributed by atoms with Gasteiger partial charge in [0.2, 0.25) is 0 Å². The molecule has 2 rings (SSSR count). The van der Waals surface area contributed by atoms with Crippen molar-refractivity contribution in [3.05, 3.63) is 48.3 Å². The Labute approximate surface area is 118 Å². The van der Waals surface area contributed by atoms with E-state index >= 15 is 0 Å². The number of rotatable bonds is 6. The van der Waals surface area contributed by atoms with Crippen LogP contribution in [-0.4, -0.2) is 26.4 Å². The van der Waals surface area contributed by atoms with Crippen molar-refractivity contribution in [2.45, 2.75) is 32.4 Å². The molecule has 0 saturated heterocycles. The second-order valence-electron chi connectivity index (χ2n) is 4.93. The van der Waals surface area contributed by atoms with Crippen LogP contribution >= 0.6 is 0 Å². The molecule has 1 heterocycles. The number of para-hydroxylation sites is 1. The van der Waals surface area contributed by atoms with Crippen molar-refractivity contribution in [2.24, 2.45) is 0 Å². The third-order valence-corrected chi connectivity index (χ3v) is 3.50. The van der Waals surface area contributed by atoms with Gasteiger partial charge in [-0.05, 0) is 31.5 Å². The Balaban J connectivity index is 2.06. The molecule has 2 N–H and O–H groups in total. The minimum absolute atomic E-state index is 0.427. The molecule has 1 atom stereocenters. The number of carboxylic acid groups (broad SMARTS) is 1. The first-order valence-electron chi connectivity index (χ1n) is 6.63. The van der Waals surface area contributed by atoms with Crippen molar-refractivity contribution in [1.29, 1.82) is 0 Å². The lowest BCUT2D eigenvalue weighted by atomic mass is 9.99. The van der Waals surface area contributed by atoms with Gasteiger partial charge in [-0.25, -0.2) is 4.68 Å². The molecule has 1 aromatic carbocycles. The first kappa shape index (κ1) is 14.3. The number of benzene rings is 1. The van der Waals surface area contributed by atoms with E-state index < -0.39 is 11.5 Å². The van der Waals surface area contributed by atoms with Gasteiger partial charge < -0.3 is 5.11 Å². The first-order valence-corrected chi connectivity index (χ1v) is 6.63. The summed E-state index contributed by atoms with van der Waals surface area (Å²) in [6.07, 6.45) is 2.39. The summed E-state index contributed by atoms with van der Waals surface area (Å²) in [7, 11) is 0. The van der Waals surface area contributed by atoms with E-state index in [0.29, 0.717) is 13.0 Å². The number of carbonyl (C=O) groups is 1. The number of nitrogens with zero attached hydrogens (tertiary/aromatic N) is 2. The smallest absolute Gasteiger partial charge is 0.323 e. The number of aromatic nitrogens is 2. The van der Waals surface area contributed by atoms with Gasteiger partial charge in [0.1, 0.15) is 5.54 Å². The zero-order valence-electron chi connectivity index (χ0n) is 11.7. The Morgan fingerprint density at radius 1 is 1.35 bits per heavy atom. The fraction of sp³-hybridized carbons (Fsp3) is 0.333. The highest BCUT2D eigenvalue weighted by atomic mass is 16.4. The zero-order chi connectivity index (χ0) is 14.6. The van der Waals surface area contributed by atoms with Gasteiger partial charge in [-0.2, -0.15) is 5.10 Å². The number of hydrogen-bond acceptors (Lipinski definition) is 3. The molecule has 0 aliphatic carbocycles. The summed E-state index contributed by atoms with van der Waals surface area (Å²) in [5, 5.41) is 16.7. The molecule has 0 spiro atoms. The van der Waals surface area contributed by atoms with Gasteiger partial charge >= 0.3 is 5.97 Å². The monoisotopic (exact) mass is 273 g/mol. The average Bonchev–Trinajstić information content (AvgIpc) is 2.94. The fourth-order valence-corrected chi connectivity index (χ4v) is 1.82. The highest BCUT2D eigenvalue weighted by Gasteiger charge is 2.30. The molecule has 5 heteroatoms. The molecule has 0 radical (unpaired) electrons. The Hall–Kier alpha value is -2.14. The van der Waals surface area contributed by atoms with Gasteiger partial charge in [-0.3, -0.25) is 10.1 Å². The van der Waals surface area contributed by atoms with Crippen molar-refractivity contribution in [3.8, 4) is 5.69 Å². The van der Waals surface area contributed by atoms with E-state index in [-0.39, 0.29) is 0 Å². The maximum absolute atomic E-state index is 11.2. The lowest BCUT2D eigenvalue weighted by Crippen LogP contribution is -2.48. The quantitative estimate of drug-likeness (QED) is 0.847. The molecule has 2 aromatic rings. The van der Waals surface area contributed by atoms with Gasteiger partial charge in [0, 0.05) is 12.7 Å². The maximum atomic E-state index is 11.2. The standard InChI is InChI=1S/C15H19N3O2/c1-3-15(2,14(19)20)16-11-12-9-10-18(17-12)13-7-5-4-6-8-13/h4-10,16H,3,11H2,1-2H3,(H,19,20). The summed E-state index contributed by atoms with van der Waals surface area (Å²) < 4.78 is 1.78. The van der Waals surface area contributed by atoms with E-state index in [1.807, 2.05) is 49.5 Å². The minimum atomic E-state index is -0.920. The van der Waals surface area contributed by atoms with Crippen LogP contribution in [0.2, 0.25) is 0 Å². The van der Waals surface area contributed by atoms with Crippen LogP contribution in [0.5, 0.6) is 0 Å². The minimum Gasteiger partial charge on any atom is -0.480 e. The predicted octanol–water partition coefficient (Wildman–Crippen LogP) is 2.22. The van der Waals surface area contributed by atoms with Crippen LogP contribution in [0.4, 0.5) is 0 Å². The van der Waals surface area contributed by atoms with Crippen LogP contribution in [-0.2, 0) is 11.3 Å². The van der Waals surface area contributed by atoms with Crippen LogP contribution in [0.25, 0.3) is 5.69 Å². The molecular formula is C15H19N3O2. The SMILES string of the molecule is CCC(C)(NCc1ccn(-c2ccccc2)n1)C(=O)O. The molecule has 0 bridgehead atoms. The van der Waals surface area contributed by atoms with Crippen molar-refractivity contribution in [3.63, 3.8) is 0 Å². The number of aliphatic carboxylic acids is 1. The Morgan fingerprint density at radius 2 is 2.05 bits per heavy atom. The number of nitrogens with one attached hydrogen (secondary N) is 1. The molecule has 0 fully saturated rings. The zero-order valence-corrected chi connectivity index (χ0v) is 11.7. The maximum Gasteiger partial charge on any atom is 0.323 e. The first-order chi connectivity index (χ1) is 9.55. The van der Waals surface area contributed by atoms with E-state index in [9.17, 15) is 9.90 Å². The summed E-state index contributed by atoms with van der Waals surface area (Å²) in [6.45, 7) is 3.96. The van der Waals surface area contributed by atoms with E-state index in [1.165, 1.54) is 0 Å². The molecule has 0 aliphatic rings.